The van der Waals surface area contributed by atoms with Crippen molar-refractivity contribution in [1.29, 1.82) is 0 Å². The smallest absolute Gasteiger partial charge is 0.326 e. The minimum Gasteiger partial charge on any atom is -0.480 e. The van der Waals surface area contributed by atoms with Gasteiger partial charge in [-0.2, -0.15) is 0 Å². The number of nitrogens with zero attached hydrogens (tertiary/aromatic N) is 2. The average molecular weight is 316 g/mol. The van der Waals surface area contributed by atoms with Crippen LogP contribution < -0.4 is 10.2 Å². The Morgan fingerprint density at radius 3 is 2.76 bits per heavy atom. The van der Waals surface area contributed by atoms with E-state index < -0.39 is 17.9 Å². The Hall–Kier alpha value is -1.86. The zero-order chi connectivity index (χ0) is 15.8. The molecule has 1 rings (SSSR count). The SMILES string of the molecule is COCCC(NC(=O)CN(C)c1ccc(Cl)cn1)C(=O)O. The number of halogens is 1. The number of hydrogen-bond acceptors (Lipinski definition) is 5. The van der Waals surface area contributed by atoms with Crippen LogP contribution in [0.2, 0.25) is 5.02 Å². The molecule has 0 aliphatic carbocycles. The van der Waals surface area contributed by atoms with E-state index in [-0.39, 0.29) is 19.6 Å². The van der Waals surface area contributed by atoms with Crippen LogP contribution in [0.25, 0.3) is 0 Å². The summed E-state index contributed by atoms with van der Waals surface area (Å²) in [6.07, 6.45) is 1.68. The summed E-state index contributed by atoms with van der Waals surface area (Å²) >= 11 is 5.74. The van der Waals surface area contributed by atoms with Crippen molar-refractivity contribution in [3.8, 4) is 0 Å². The number of carbonyl (C=O) groups excluding carboxylic acids is 1. The van der Waals surface area contributed by atoms with Gasteiger partial charge in [-0.25, -0.2) is 9.78 Å². The average Bonchev–Trinajstić information content (AvgIpc) is 2.43. The molecule has 21 heavy (non-hydrogen) atoms. The van der Waals surface area contributed by atoms with Crippen LogP contribution in [0, 0.1) is 0 Å². The highest BCUT2D eigenvalue weighted by atomic mass is 35.5. The van der Waals surface area contributed by atoms with Crippen LogP contribution in [-0.4, -0.2) is 55.3 Å². The molecule has 0 aromatic carbocycles. The minimum absolute atomic E-state index is 0.00854. The van der Waals surface area contributed by atoms with Gasteiger partial charge in [0, 0.05) is 33.4 Å². The molecule has 1 heterocycles. The Kier molecular flexibility index (Phi) is 6.90. The molecule has 1 atom stereocenters. The van der Waals surface area contributed by atoms with Gasteiger partial charge < -0.3 is 20.1 Å². The Bertz CT molecular complexity index is 481. The van der Waals surface area contributed by atoms with Crippen molar-refractivity contribution in [3.05, 3.63) is 23.4 Å². The molecule has 0 aliphatic heterocycles. The van der Waals surface area contributed by atoms with Crippen molar-refractivity contribution in [2.45, 2.75) is 12.5 Å². The standard InChI is InChI=1S/C13H18ClN3O4/c1-17(11-4-3-9(14)7-15-11)8-12(18)16-10(13(19)20)5-6-21-2/h3-4,7,10H,5-6,8H2,1-2H3,(H,16,18)(H,19,20). The summed E-state index contributed by atoms with van der Waals surface area (Å²) in [4.78, 5) is 28.6. The minimum atomic E-state index is -1.09. The van der Waals surface area contributed by atoms with E-state index in [2.05, 4.69) is 10.3 Å². The zero-order valence-electron chi connectivity index (χ0n) is 11.9. The summed E-state index contributed by atoms with van der Waals surface area (Å²) < 4.78 is 4.82. The molecule has 0 saturated carbocycles. The summed E-state index contributed by atoms with van der Waals surface area (Å²) in [5.41, 5.74) is 0. The topological polar surface area (TPSA) is 91.8 Å². The normalized spacial score (nSPS) is 11.8. The van der Waals surface area contributed by atoms with E-state index in [4.69, 9.17) is 21.4 Å². The number of aliphatic carboxylic acids is 1. The van der Waals surface area contributed by atoms with Gasteiger partial charge in [0.25, 0.3) is 0 Å². The van der Waals surface area contributed by atoms with Crippen LogP contribution in [0.5, 0.6) is 0 Å². The number of rotatable bonds is 8. The number of pyridine rings is 1. The summed E-state index contributed by atoms with van der Waals surface area (Å²) in [6, 6.07) is 2.37. The number of aromatic nitrogens is 1. The molecule has 0 radical (unpaired) electrons. The van der Waals surface area contributed by atoms with E-state index in [1.54, 1.807) is 24.1 Å². The van der Waals surface area contributed by atoms with E-state index in [1.807, 2.05) is 0 Å². The predicted octanol–water partition coefficient (Wildman–Crippen LogP) is 0.777. The van der Waals surface area contributed by atoms with Crippen LogP contribution in [0.4, 0.5) is 5.82 Å². The van der Waals surface area contributed by atoms with Gasteiger partial charge in [0.05, 0.1) is 11.6 Å². The molecule has 116 valence electrons. The maximum absolute atomic E-state index is 11.9. The second-order valence-corrected chi connectivity index (χ2v) is 4.87. The quantitative estimate of drug-likeness (QED) is 0.736. The summed E-state index contributed by atoms with van der Waals surface area (Å²) in [5, 5.41) is 12.0. The van der Waals surface area contributed by atoms with Gasteiger partial charge in [0.2, 0.25) is 5.91 Å². The summed E-state index contributed by atoms with van der Waals surface area (Å²) in [6.45, 7) is 0.247. The first-order valence-corrected chi connectivity index (χ1v) is 6.65. The molecule has 0 saturated heterocycles. The van der Waals surface area contributed by atoms with Gasteiger partial charge in [-0.3, -0.25) is 4.79 Å². The van der Waals surface area contributed by atoms with Crippen LogP contribution in [0.1, 0.15) is 6.42 Å². The van der Waals surface area contributed by atoms with Crippen LogP contribution >= 0.6 is 11.6 Å². The molecule has 1 amide bonds. The van der Waals surface area contributed by atoms with E-state index in [0.29, 0.717) is 10.8 Å². The molecule has 2 N–H and O–H groups in total. The van der Waals surface area contributed by atoms with Crippen molar-refractivity contribution in [2.24, 2.45) is 0 Å². The lowest BCUT2D eigenvalue weighted by atomic mass is 10.2. The third-order valence-corrected chi connectivity index (χ3v) is 2.95. The van der Waals surface area contributed by atoms with Crippen LogP contribution in [0.3, 0.4) is 0 Å². The van der Waals surface area contributed by atoms with Gasteiger partial charge in [-0.05, 0) is 12.1 Å². The van der Waals surface area contributed by atoms with Crippen molar-refractivity contribution in [1.82, 2.24) is 10.3 Å². The first kappa shape index (κ1) is 17.2. The lowest BCUT2D eigenvalue weighted by Crippen LogP contribution is -2.45. The highest BCUT2D eigenvalue weighted by molar-refractivity contribution is 6.30. The van der Waals surface area contributed by atoms with Gasteiger partial charge in [0.15, 0.2) is 0 Å². The van der Waals surface area contributed by atoms with Crippen molar-refractivity contribution in [2.75, 3.05) is 32.2 Å². The van der Waals surface area contributed by atoms with E-state index in [9.17, 15) is 9.59 Å². The number of carboxylic acids is 1. The number of hydrogen-bond donors (Lipinski definition) is 2. The van der Waals surface area contributed by atoms with Crippen LogP contribution in [-0.2, 0) is 14.3 Å². The van der Waals surface area contributed by atoms with Gasteiger partial charge in [0.1, 0.15) is 11.9 Å². The number of likely N-dealkylation sites (N-methyl/N-ethyl adjacent to an activating group) is 1. The molecular formula is C13H18ClN3O4. The molecule has 0 spiro atoms. The van der Waals surface area contributed by atoms with Gasteiger partial charge in [-0.1, -0.05) is 11.6 Å². The Labute approximate surface area is 127 Å². The molecule has 1 aromatic rings. The maximum atomic E-state index is 11.9. The molecule has 0 fully saturated rings. The Morgan fingerprint density at radius 1 is 1.52 bits per heavy atom. The molecule has 0 bridgehead atoms. The molecule has 0 aliphatic rings. The van der Waals surface area contributed by atoms with E-state index in [0.717, 1.165) is 0 Å². The second kappa shape index (κ2) is 8.43. The number of amides is 1. The summed E-state index contributed by atoms with van der Waals surface area (Å²) in [7, 11) is 3.15. The third kappa shape index (κ3) is 5.97. The lowest BCUT2D eigenvalue weighted by molar-refractivity contribution is -0.142. The van der Waals surface area contributed by atoms with Crippen molar-refractivity contribution in [3.63, 3.8) is 0 Å². The highest BCUT2D eigenvalue weighted by Gasteiger charge is 2.20. The number of carboxylic acid groups (broad SMARTS) is 1. The molecular weight excluding hydrogens is 298 g/mol. The zero-order valence-corrected chi connectivity index (χ0v) is 12.6. The number of methoxy groups -OCH3 is 1. The fourth-order valence-corrected chi connectivity index (χ4v) is 1.74. The Morgan fingerprint density at radius 2 is 2.24 bits per heavy atom. The lowest BCUT2D eigenvalue weighted by Gasteiger charge is -2.19. The molecule has 1 unspecified atom stereocenters. The monoisotopic (exact) mass is 315 g/mol. The second-order valence-electron chi connectivity index (χ2n) is 4.43. The Balaban J connectivity index is 2.54. The van der Waals surface area contributed by atoms with Gasteiger partial charge >= 0.3 is 5.97 Å². The number of ether oxygens (including phenoxy) is 1. The van der Waals surface area contributed by atoms with E-state index in [1.165, 1.54) is 13.3 Å². The predicted molar refractivity (Wildman–Crippen MR) is 78.6 cm³/mol. The molecule has 8 heteroatoms. The fraction of sp³-hybridized carbons (Fsp3) is 0.462. The summed E-state index contributed by atoms with van der Waals surface area (Å²) in [5.74, 6) is -0.927. The largest absolute Gasteiger partial charge is 0.480 e. The maximum Gasteiger partial charge on any atom is 0.326 e. The van der Waals surface area contributed by atoms with E-state index >= 15 is 0 Å². The number of anilines is 1. The number of carbonyl (C=O) groups is 2. The van der Waals surface area contributed by atoms with Crippen molar-refractivity contribution < 1.29 is 19.4 Å². The van der Waals surface area contributed by atoms with Gasteiger partial charge in [-0.15, -0.1) is 0 Å². The van der Waals surface area contributed by atoms with Crippen molar-refractivity contribution >= 4 is 29.3 Å². The van der Waals surface area contributed by atoms with Crippen LogP contribution in [0.15, 0.2) is 18.3 Å². The number of nitrogens with one attached hydrogen (secondary N) is 1. The molecule has 7 nitrogen and oxygen atoms in total. The molecule has 1 aromatic heterocycles. The first-order valence-electron chi connectivity index (χ1n) is 6.28. The third-order valence-electron chi connectivity index (χ3n) is 2.73. The first-order chi connectivity index (χ1) is 9.93. The highest BCUT2D eigenvalue weighted by Crippen LogP contribution is 2.12. The fourth-order valence-electron chi connectivity index (χ4n) is 1.62.